The first-order chi connectivity index (χ1) is 10.7. The van der Waals surface area contributed by atoms with Gasteiger partial charge in [0.25, 0.3) is 5.91 Å². The summed E-state index contributed by atoms with van der Waals surface area (Å²) in [7, 11) is 0. The SMILES string of the molecule is O=C(Nc1ccc(Cl)cn1)c1ccc(Cn2cncn2)cc1. The van der Waals surface area contributed by atoms with E-state index in [-0.39, 0.29) is 5.91 Å². The number of carbonyl (C=O) groups excluding carboxylic acids is 1. The van der Waals surface area contributed by atoms with Gasteiger partial charge >= 0.3 is 0 Å². The molecule has 2 aromatic heterocycles. The minimum Gasteiger partial charge on any atom is -0.307 e. The Morgan fingerprint density at radius 2 is 2.00 bits per heavy atom. The van der Waals surface area contributed by atoms with Crippen LogP contribution in [0.1, 0.15) is 15.9 Å². The van der Waals surface area contributed by atoms with Crippen molar-refractivity contribution in [2.45, 2.75) is 6.54 Å². The van der Waals surface area contributed by atoms with Crippen LogP contribution >= 0.6 is 11.6 Å². The molecule has 0 unspecified atom stereocenters. The van der Waals surface area contributed by atoms with Crippen molar-refractivity contribution in [2.75, 3.05) is 5.32 Å². The summed E-state index contributed by atoms with van der Waals surface area (Å²) in [5, 5.41) is 7.28. The molecular formula is C15H12ClN5O. The summed E-state index contributed by atoms with van der Waals surface area (Å²) in [5.74, 6) is 0.239. The molecule has 1 aromatic carbocycles. The third kappa shape index (κ3) is 3.48. The van der Waals surface area contributed by atoms with E-state index in [1.807, 2.05) is 12.1 Å². The number of hydrogen-bond acceptors (Lipinski definition) is 4. The fourth-order valence-corrected chi connectivity index (χ4v) is 2.01. The van der Waals surface area contributed by atoms with Gasteiger partial charge in [-0.05, 0) is 29.8 Å². The summed E-state index contributed by atoms with van der Waals surface area (Å²) in [6, 6.07) is 10.6. The zero-order chi connectivity index (χ0) is 15.4. The highest BCUT2D eigenvalue weighted by Gasteiger charge is 2.07. The molecule has 3 aromatic rings. The molecule has 0 fully saturated rings. The van der Waals surface area contributed by atoms with Gasteiger partial charge in [0, 0.05) is 11.8 Å². The number of pyridine rings is 1. The van der Waals surface area contributed by atoms with E-state index in [9.17, 15) is 4.79 Å². The normalized spacial score (nSPS) is 10.4. The Morgan fingerprint density at radius 1 is 1.18 bits per heavy atom. The minimum atomic E-state index is -0.220. The maximum absolute atomic E-state index is 12.1. The number of nitrogens with one attached hydrogen (secondary N) is 1. The van der Waals surface area contributed by atoms with Crippen LogP contribution in [0.3, 0.4) is 0 Å². The van der Waals surface area contributed by atoms with Gasteiger partial charge < -0.3 is 5.32 Å². The molecule has 0 saturated heterocycles. The molecule has 0 aliphatic carbocycles. The highest BCUT2D eigenvalue weighted by atomic mass is 35.5. The lowest BCUT2D eigenvalue weighted by Crippen LogP contribution is -2.13. The van der Waals surface area contributed by atoms with E-state index < -0.39 is 0 Å². The van der Waals surface area contributed by atoms with Crippen LogP contribution in [0.5, 0.6) is 0 Å². The molecule has 0 saturated carbocycles. The van der Waals surface area contributed by atoms with Crippen molar-refractivity contribution in [3.8, 4) is 0 Å². The van der Waals surface area contributed by atoms with Crippen LogP contribution in [0, 0.1) is 0 Å². The average molecular weight is 314 g/mol. The predicted octanol–water partition coefficient (Wildman–Crippen LogP) is 2.63. The Hall–Kier alpha value is -2.73. The van der Waals surface area contributed by atoms with Crippen molar-refractivity contribution in [2.24, 2.45) is 0 Å². The van der Waals surface area contributed by atoms with Gasteiger partial charge in [0.05, 0.1) is 11.6 Å². The van der Waals surface area contributed by atoms with Crippen molar-refractivity contribution < 1.29 is 4.79 Å². The molecule has 0 radical (unpaired) electrons. The van der Waals surface area contributed by atoms with Crippen LogP contribution < -0.4 is 5.32 Å². The zero-order valence-electron chi connectivity index (χ0n) is 11.5. The van der Waals surface area contributed by atoms with Gasteiger partial charge in [0.15, 0.2) is 0 Å². The number of hydrogen-bond donors (Lipinski definition) is 1. The van der Waals surface area contributed by atoms with Gasteiger partial charge in [-0.2, -0.15) is 5.10 Å². The number of carbonyl (C=O) groups is 1. The molecule has 110 valence electrons. The van der Waals surface area contributed by atoms with Crippen molar-refractivity contribution in [3.05, 3.63) is 71.4 Å². The summed E-state index contributed by atoms with van der Waals surface area (Å²) in [6.07, 6.45) is 4.62. The molecule has 0 spiro atoms. The molecule has 0 bridgehead atoms. The lowest BCUT2D eigenvalue weighted by Gasteiger charge is -2.06. The second-order valence-corrected chi connectivity index (χ2v) is 5.04. The van der Waals surface area contributed by atoms with Crippen LogP contribution in [0.4, 0.5) is 5.82 Å². The maximum atomic E-state index is 12.1. The fourth-order valence-electron chi connectivity index (χ4n) is 1.90. The topological polar surface area (TPSA) is 72.7 Å². The van der Waals surface area contributed by atoms with Crippen LogP contribution in [0.25, 0.3) is 0 Å². The number of nitrogens with zero attached hydrogens (tertiary/aromatic N) is 4. The first-order valence-electron chi connectivity index (χ1n) is 6.55. The predicted molar refractivity (Wildman–Crippen MR) is 82.8 cm³/mol. The van der Waals surface area contributed by atoms with Gasteiger partial charge in [0.1, 0.15) is 18.5 Å². The van der Waals surface area contributed by atoms with E-state index in [2.05, 4.69) is 20.4 Å². The molecule has 3 rings (SSSR count). The van der Waals surface area contributed by atoms with Gasteiger partial charge in [-0.25, -0.2) is 14.6 Å². The first-order valence-corrected chi connectivity index (χ1v) is 6.93. The summed E-state index contributed by atoms with van der Waals surface area (Å²) >= 11 is 5.75. The molecule has 0 atom stereocenters. The monoisotopic (exact) mass is 313 g/mol. The number of aromatic nitrogens is 4. The van der Waals surface area contributed by atoms with Crippen molar-refractivity contribution in [3.63, 3.8) is 0 Å². The van der Waals surface area contributed by atoms with Gasteiger partial charge in [0.2, 0.25) is 0 Å². The molecule has 1 amide bonds. The Morgan fingerprint density at radius 3 is 2.64 bits per heavy atom. The smallest absolute Gasteiger partial charge is 0.256 e. The molecule has 6 nitrogen and oxygen atoms in total. The molecule has 7 heteroatoms. The number of halogens is 1. The Labute approximate surface area is 131 Å². The summed E-state index contributed by atoms with van der Waals surface area (Å²) in [5.41, 5.74) is 1.59. The summed E-state index contributed by atoms with van der Waals surface area (Å²) in [6.45, 7) is 0.612. The standard InChI is InChI=1S/C15H12ClN5O/c16-13-5-6-14(18-7-13)20-15(22)12-3-1-11(2-4-12)8-21-10-17-9-19-21/h1-7,9-10H,8H2,(H,18,20,22). The second kappa shape index (κ2) is 6.36. The van der Waals surface area contributed by atoms with E-state index in [4.69, 9.17) is 11.6 Å². The number of amides is 1. The largest absolute Gasteiger partial charge is 0.307 e. The molecule has 2 heterocycles. The zero-order valence-corrected chi connectivity index (χ0v) is 12.2. The first kappa shape index (κ1) is 14.2. The molecule has 0 aliphatic rings. The van der Waals surface area contributed by atoms with E-state index in [1.54, 1.807) is 35.3 Å². The van der Waals surface area contributed by atoms with Crippen LogP contribution in [-0.2, 0) is 6.54 Å². The highest BCUT2D eigenvalue weighted by Crippen LogP contribution is 2.12. The average Bonchev–Trinajstić information content (AvgIpc) is 3.03. The Balaban J connectivity index is 1.66. The van der Waals surface area contributed by atoms with Crippen molar-refractivity contribution in [1.29, 1.82) is 0 Å². The molecule has 22 heavy (non-hydrogen) atoms. The summed E-state index contributed by atoms with van der Waals surface area (Å²) in [4.78, 5) is 20.0. The lowest BCUT2D eigenvalue weighted by molar-refractivity contribution is 0.102. The van der Waals surface area contributed by atoms with Crippen LogP contribution in [-0.4, -0.2) is 25.7 Å². The Bertz CT molecular complexity index is 754. The molecule has 1 N–H and O–H groups in total. The van der Waals surface area contributed by atoms with Gasteiger partial charge in [-0.3, -0.25) is 4.79 Å². The number of benzene rings is 1. The van der Waals surface area contributed by atoms with Gasteiger partial charge in [-0.1, -0.05) is 23.7 Å². The fraction of sp³-hybridized carbons (Fsp3) is 0.0667. The minimum absolute atomic E-state index is 0.220. The van der Waals surface area contributed by atoms with Gasteiger partial charge in [-0.15, -0.1) is 0 Å². The van der Waals surface area contributed by atoms with E-state index in [0.29, 0.717) is 22.9 Å². The van der Waals surface area contributed by atoms with Crippen molar-refractivity contribution >= 4 is 23.3 Å². The molecule has 0 aliphatic heterocycles. The Kier molecular flexibility index (Phi) is 4.11. The van der Waals surface area contributed by atoms with Crippen LogP contribution in [0.15, 0.2) is 55.2 Å². The number of rotatable bonds is 4. The lowest BCUT2D eigenvalue weighted by atomic mass is 10.1. The summed E-state index contributed by atoms with van der Waals surface area (Å²) < 4.78 is 1.71. The third-order valence-electron chi connectivity index (χ3n) is 3.00. The number of anilines is 1. The quantitative estimate of drug-likeness (QED) is 0.803. The van der Waals surface area contributed by atoms with Crippen molar-refractivity contribution in [1.82, 2.24) is 19.7 Å². The third-order valence-corrected chi connectivity index (χ3v) is 3.22. The van der Waals surface area contributed by atoms with E-state index in [0.717, 1.165) is 5.56 Å². The van der Waals surface area contributed by atoms with Crippen LogP contribution in [0.2, 0.25) is 5.02 Å². The van der Waals surface area contributed by atoms with E-state index in [1.165, 1.54) is 12.5 Å². The maximum Gasteiger partial charge on any atom is 0.256 e. The highest BCUT2D eigenvalue weighted by molar-refractivity contribution is 6.30. The molecular weight excluding hydrogens is 302 g/mol. The second-order valence-electron chi connectivity index (χ2n) is 4.61. The van der Waals surface area contributed by atoms with E-state index >= 15 is 0 Å².